The van der Waals surface area contributed by atoms with Crippen molar-refractivity contribution in [3.8, 4) is 17.3 Å². The summed E-state index contributed by atoms with van der Waals surface area (Å²) in [5.41, 5.74) is 1.43. The minimum absolute atomic E-state index is 0.321. The molecule has 0 unspecified atom stereocenters. The zero-order valence-corrected chi connectivity index (χ0v) is 14.2. The fourth-order valence-electron chi connectivity index (χ4n) is 2.23. The molecule has 25 heavy (non-hydrogen) atoms. The van der Waals surface area contributed by atoms with Gasteiger partial charge in [-0.15, -0.1) is 10.2 Å². The first-order valence-electron chi connectivity index (χ1n) is 8.26. The molecule has 130 valence electrons. The van der Waals surface area contributed by atoms with Gasteiger partial charge in [-0.3, -0.25) is 0 Å². The van der Waals surface area contributed by atoms with Crippen molar-refractivity contribution in [2.75, 3.05) is 18.5 Å². The third kappa shape index (κ3) is 3.96. The second kappa shape index (κ2) is 7.78. The summed E-state index contributed by atoms with van der Waals surface area (Å²) in [6.45, 7) is 5.19. The summed E-state index contributed by atoms with van der Waals surface area (Å²) < 4.78 is 18.7. The quantitative estimate of drug-likeness (QED) is 0.660. The highest BCUT2D eigenvalue weighted by molar-refractivity contribution is 5.78. The first kappa shape index (κ1) is 16.9. The standard InChI is InChI=1S/C17H19FN6O/c1-3-5-10-19-17-21-15-13(16(22-17)25-4-2)20-14(23-24-15)11-6-8-12(18)9-7-11/h6-9H,3-5,10H2,1-2H3,(H,19,21,22,24). The van der Waals surface area contributed by atoms with Crippen molar-refractivity contribution in [2.45, 2.75) is 26.7 Å². The van der Waals surface area contributed by atoms with Gasteiger partial charge in [0.25, 0.3) is 0 Å². The minimum Gasteiger partial charge on any atom is -0.476 e. The number of aromatic nitrogens is 5. The van der Waals surface area contributed by atoms with Gasteiger partial charge in [0, 0.05) is 12.1 Å². The van der Waals surface area contributed by atoms with E-state index in [0.717, 1.165) is 19.4 Å². The van der Waals surface area contributed by atoms with E-state index in [1.807, 2.05) is 6.92 Å². The molecule has 0 saturated carbocycles. The van der Waals surface area contributed by atoms with Crippen LogP contribution in [0.2, 0.25) is 0 Å². The van der Waals surface area contributed by atoms with Gasteiger partial charge < -0.3 is 10.1 Å². The molecule has 8 heteroatoms. The Kier molecular flexibility index (Phi) is 5.27. The number of benzene rings is 1. The van der Waals surface area contributed by atoms with Crippen molar-refractivity contribution in [1.82, 2.24) is 25.1 Å². The topological polar surface area (TPSA) is 85.7 Å². The lowest BCUT2D eigenvalue weighted by Crippen LogP contribution is -2.09. The number of unbranched alkanes of at least 4 members (excludes halogenated alkanes) is 1. The van der Waals surface area contributed by atoms with Gasteiger partial charge in [0.1, 0.15) is 5.82 Å². The number of fused-ring (bicyclic) bond motifs is 1. The van der Waals surface area contributed by atoms with Gasteiger partial charge in [0.05, 0.1) is 6.61 Å². The Morgan fingerprint density at radius 2 is 1.84 bits per heavy atom. The zero-order valence-electron chi connectivity index (χ0n) is 14.2. The number of hydrogen-bond donors (Lipinski definition) is 1. The van der Waals surface area contributed by atoms with Crippen molar-refractivity contribution in [3.63, 3.8) is 0 Å². The predicted molar refractivity (Wildman–Crippen MR) is 92.9 cm³/mol. The summed E-state index contributed by atoms with van der Waals surface area (Å²) in [5, 5.41) is 11.4. The molecule has 0 amide bonds. The van der Waals surface area contributed by atoms with Crippen molar-refractivity contribution in [2.24, 2.45) is 0 Å². The van der Waals surface area contributed by atoms with E-state index in [4.69, 9.17) is 4.74 Å². The molecular weight excluding hydrogens is 323 g/mol. The summed E-state index contributed by atoms with van der Waals surface area (Å²) in [7, 11) is 0. The zero-order chi connectivity index (χ0) is 17.6. The molecule has 0 spiro atoms. The largest absolute Gasteiger partial charge is 0.476 e. The Bertz CT molecular complexity index is 856. The molecule has 0 atom stereocenters. The van der Waals surface area contributed by atoms with Gasteiger partial charge in [-0.25, -0.2) is 9.37 Å². The Hall–Kier alpha value is -2.90. The Morgan fingerprint density at radius 3 is 2.56 bits per heavy atom. The summed E-state index contributed by atoms with van der Waals surface area (Å²) in [6, 6.07) is 5.90. The number of ether oxygens (including phenoxy) is 1. The summed E-state index contributed by atoms with van der Waals surface area (Å²) in [5.74, 6) is 0.835. The number of rotatable bonds is 7. The Labute approximate surface area is 144 Å². The lowest BCUT2D eigenvalue weighted by molar-refractivity contribution is 0.330. The SMILES string of the molecule is CCCCNc1nc(OCC)c2nc(-c3ccc(F)cc3)nnc2n1. The molecule has 0 aliphatic heterocycles. The van der Waals surface area contributed by atoms with Crippen LogP contribution in [0.5, 0.6) is 5.88 Å². The van der Waals surface area contributed by atoms with Crippen molar-refractivity contribution in [1.29, 1.82) is 0 Å². The van der Waals surface area contributed by atoms with Gasteiger partial charge >= 0.3 is 0 Å². The highest BCUT2D eigenvalue weighted by Gasteiger charge is 2.14. The molecule has 0 aliphatic rings. The van der Waals surface area contributed by atoms with Crippen LogP contribution >= 0.6 is 0 Å². The van der Waals surface area contributed by atoms with Crippen molar-refractivity contribution >= 4 is 17.1 Å². The molecule has 0 saturated heterocycles. The first-order valence-corrected chi connectivity index (χ1v) is 8.26. The molecule has 0 aliphatic carbocycles. The molecule has 1 N–H and O–H groups in total. The lowest BCUT2D eigenvalue weighted by Gasteiger charge is -2.09. The summed E-state index contributed by atoms with van der Waals surface area (Å²) >= 11 is 0. The van der Waals surface area contributed by atoms with E-state index in [-0.39, 0.29) is 5.82 Å². The maximum atomic E-state index is 13.1. The fraction of sp³-hybridized carbons (Fsp3) is 0.353. The van der Waals surface area contributed by atoms with E-state index in [9.17, 15) is 4.39 Å². The molecule has 3 rings (SSSR count). The van der Waals surface area contributed by atoms with Gasteiger partial charge in [0.2, 0.25) is 17.5 Å². The summed E-state index contributed by atoms with van der Waals surface area (Å²) in [4.78, 5) is 13.2. The fourth-order valence-corrected chi connectivity index (χ4v) is 2.23. The number of hydrogen-bond acceptors (Lipinski definition) is 7. The van der Waals surface area contributed by atoms with Crippen LogP contribution in [0, 0.1) is 5.82 Å². The second-order valence-electron chi connectivity index (χ2n) is 5.38. The van der Waals surface area contributed by atoms with E-state index in [1.165, 1.54) is 12.1 Å². The maximum absolute atomic E-state index is 13.1. The second-order valence-corrected chi connectivity index (χ2v) is 5.38. The molecule has 0 radical (unpaired) electrons. The molecule has 7 nitrogen and oxygen atoms in total. The molecule has 3 aromatic rings. The summed E-state index contributed by atoms with van der Waals surface area (Å²) in [6.07, 6.45) is 2.08. The first-order chi connectivity index (χ1) is 12.2. The molecule has 0 fully saturated rings. The van der Waals surface area contributed by atoms with Crippen LogP contribution in [-0.4, -0.2) is 38.3 Å². The average molecular weight is 342 g/mol. The van der Waals surface area contributed by atoms with E-state index in [2.05, 4.69) is 37.4 Å². The van der Waals surface area contributed by atoms with Crippen LogP contribution in [-0.2, 0) is 0 Å². The van der Waals surface area contributed by atoms with E-state index in [1.54, 1.807) is 12.1 Å². The van der Waals surface area contributed by atoms with E-state index >= 15 is 0 Å². The third-order valence-corrected chi connectivity index (χ3v) is 3.49. The normalized spacial score (nSPS) is 10.8. The average Bonchev–Trinajstić information content (AvgIpc) is 2.63. The number of anilines is 1. The van der Waals surface area contributed by atoms with Crippen LogP contribution in [0.3, 0.4) is 0 Å². The molecule has 2 aromatic heterocycles. The van der Waals surface area contributed by atoms with Gasteiger partial charge in [-0.05, 0) is 37.6 Å². The molecular formula is C17H19FN6O. The van der Waals surface area contributed by atoms with Gasteiger partial charge in [-0.2, -0.15) is 9.97 Å². The highest BCUT2D eigenvalue weighted by atomic mass is 19.1. The number of halogens is 1. The van der Waals surface area contributed by atoms with Crippen LogP contribution in [0.4, 0.5) is 10.3 Å². The predicted octanol–water partition coefficient (Wildman–Crippen LogP) is 3.23. The minimum atomic E-state index is -0.321. The number of nitrogens with zero attached hydrogens (tertiary/aromatic N) is 5. The van der Waals surface area contributed by atoms with Crippen LogP contribution in [0.15, 0.2) is 24.3 Å². The van der Waals surface area contributed by atoms with Gasteiger partial charge in [0.15, 0.2) is 11.3 Å². The smallest absolute Gasteiger partial charge is 0.247 e. The van der Waals surface area contributed by atoms with Crippen LogP contribution < -0.4 is 10.1 Å². The van der Waals surface area contributed by atoms with Crippen LogP contribution in [0.25, 0.3) is 22.6 Å². The Morgan fingerprint density at radius 1 is 1.04 bits per heavy atom. The number of nitrogens with one attached hydrogen (secondary N) is 1. The molecule has 1 aromatic carbocycles. The van der Waals surface area contributed by atoms with Crippen LogP contribution in [0.1, 0.15) is 26.7 Å². The highest BCUT2D eigenvalue weighted by Crippen LogP contribution is 2.23. The van der Waals surface area contributed by atoms with Gasteiger partial charge in [-0.1, -0.05) is 13.3 Å². The van der Waals surface area contributed by atoms with E-state index < -0.39 is 0 Å². The van der Waals surface area contributed by atoms with E-state index in [0.29, 0.717) is 41.0 Å². The third-order valence-electron chi connectivity index (χ3n) is 3.49. The van der Waals surface area contributed by atoms with Crippen molar-refractivity contribution in [3.05, 3.63) is 30.1 Å². The molecule has 2 heterocycles. The van der Waals surface area contributed by atoms with Crippen molar-refractivity contribution < 1.29 is 9.13 Å². The monoisotopic (exact) mass is 342 g/mol. The Balaban J connectivity index is 2.00. The maximum Gasteiger partial charge on any atom is 0.247 e. The molecule has 0 bridgehead atoms. The lowest BCUT2D eigenvalue weighted by atomic mass is 10.2.